The molecular formula is C35H39IN6O5. The van der Waals surface area contributed by atoms with E-state index in [1.165, 1.54) is 0 Å². The second kappa shape index (κ2) is 15.6. The van der Waals surface area contributed by atoms with Crippen LogP contribution in [0.1, 0.15) is 34.9 Å². The van der Waals surface area contributed by atoms with Gasteiger partial charge in [-0.3, -0.25) is 23.7 Å². The van der Waals surface area contributed by atoms with Gasteiger partial charge in [-0.05, 0) is 42.7 Å². The van der Waals surface area contributed by atoms with Crippen molar-refractivity contribution in [3.63, 3.8) is 0 Å². The molecular weight excluding hydrogens is 711 g/mol. The SMILES string of the molecule is O=C(CI)N1CCCC(n2c(-c3ccccc3)c(C(=O)N3CCNCC3)n(Cc3cccc(OCCOc4cccnc4)c3)c2=O)C1. The van der Waals surface area contributed by atoms with Crippen molar-refractivity contribution in [1.82, 2.24) is 29.2 Å². The molecule has 2 aromatic heterocycles. The Kier molecular flexibility index (Phi) is 10.9. The third-order valence-electron chi connectivity index (χ3n) is 8.55. The minimum Gasteiger partial charge on any atom is -0.490 e. The first-order valence-electron chi connectivity index (χ1n) is 16.0. The molecule has 246 valence electrons. The van der Waals surface area contributed by atoms with Crippen LogP contribution in [0.15, 0.2) is 83.9 Å². The van der Waals surface area contributed by atoms with Crippen LogP contribution in [-0.4, -0.2) is 92.6 Å². The monoisotopic (exact) mass is 750 g/mol. The maximum Gasteiger partial charge on any atom is 0.329 e. The number of rotatable bonds is 11. The third kappa shape index (κ3) is 7.70. The Morgan fingerprint density at radius 3 is 2.43 bits per heavy atom. The van der Waals surface area contributed by atoms with Crippen LogP contribution in [0, 0.1) is 0 Å². The Hall–Kier alpha value is -4.17. The topological polar surface area (TPSA) is 111 Å². The standard InChI is InChI=1S/C35H39IN6O5/c36-22-31(43)40-16-6-10-28(25-40)42-32(27-8-2-1-3-9-27)33(34(44)39-17-14-37-15-18-39)41(35(42)45)24-26-7-4-11-29(21-26)46-19-20-47-30-12-5-13-38-23-30/h1-5,7-9,11-13,21,23,28,37H,6,10,14-20,22,24-25H2. The summed E-state index contributed by atoms with van der Waals surface area (Å²) in [5.74, 6) is 1.20. The normalized spacial score (nSPS) is 16.6. The molecule has 2 aliphatic rings. The molecule has 1 unspecified atom stereocenters. The lowest BCUT2D eigenvalue weighted by atomic mass is 10.0. The summed E-state index contributed by atoms with van der Waals surface area (Å²) >= 11 is 2.09. The average molecular weight is 751 g/mol. The van der Waals surface area contributed by atoms with Gasteiger partial charge < -0.3 is 24.6 Å². The number of carbonyl (C=O) groups excluding carboxylic acids is 2. The molecule has 0 radical (unpaired) electrons. The summed E-state index contributed by atoms with van der Waals surface area (Å²) in [6.45, 7) is 4.45. The van der Waals surface area contributed by atoms with Gasteiger partial charge in [-0.2, -0.15) is 0 Å². The number of hydrogen-bond acceptors (Lipinski definition) is 7. The fourth-order valence-corrected chi connectivity index (χ4v) is 6.78. The number of nitrogens with one attached hydrogen (secondary N) is 1. The molecule has 2 amide bonds. The zero-order chi connectivity index (χ0) is 32.6. The molecule has 47 heavy (non-hydrogen) atoms. The van der Waals surface area contributed by atoms with E-state index in [2.05, 4.69) is 32.9 Å². The van der Waals surface area contributed by atoms with Gasteiger partial charge in [0.15, 0.2) is 0 Å². The molecule has 6 rings (SSSR count). The highest BCUT2D eigenvalue weighted by atomic mass is 127. The van der Waals surface area contributed by atoms with Gasteiger partial charge >= 0.3 is 5.69 Å². The fourth-order valence-electron chi connectivity index (χ4n) is 6.30. The number of piperidine rings is 1. The largest absolute Gasteiger partial charge is 0.490 e. The molecule has 0 aliphatic carbocycles. The Morgan fingerprint density at radius 2 is 1.68 bits per heavy atom. The van der Waals surface area contributed by atoms with E-state index in [4.69, 9.17) is 9.47 Å². The number of nitrogens with zero attached hydrogens (tertiary/aromatic N) is 5. The zero-order valence-electron chi connectivity index (χ0n) is 26.2. The highest BCUT2D eigenvalue weighted by molar-refractivity contribution is 14.1. The Labute approximate surface area is 287 Å². The summed E-state index contributed by atoms with van der Waals surface area (Å²) in [7, 11) is 0. The average Bonchev–Trinajstić information content (AvgIpc) is 3.42. The number of piperazine rings is 1. The molecule has 1 N–H and O–H groups in total. The number of likely N-dealkylation sites (tertiary alicyclic amines) is 1. The number of hydrogen-bond donors (Lipinski definition) is 1. The lowest BCUT2D eigenvalue weighted by Gasteiger charge is -2.33. The van der Waals surface area contributed by atoms with E-state index in [1.807, 2.05) is 76.5 Å². The molecule has 2 aromatic carbocycles. The quantitative estimate of drug-likeness (QED) is 0.141. The van der Waals surface area contributed by atoms with Gasteiger partial charge in [0.1, 0.15) is 30.4 Å². The van der Waals surface area contributed by atoms with Crippen LogP contribution in [0.5, 0.6) is 11.5 Å². The minimum absolute atomic E-state index is 0.0591. The molecule has 2 aliphatic heterocycles. The van der Waals surface area contributed by atoms with Crippen LogP contribution in [0.3, 0.4) is 0 Å². The Balaban J connectivity index is 1.36. The first-order chi connectivity index (χ1) is 23.0. The molecule has 2 fully saturated rings. The summed E-state index contributed by atoms with van der Waals surface area (Å²) in [6.07, 6.45) is 4.86. The van der Waals surface area contributed by atoms with E-state index in [-0.39, 0.29) is 30.1 Å². The van der Waals surface area contributed by atoms with E-state index in [1.54, 1.807) is 21.5 Å². The first kappa shape index (κ1) is 32.8. The van der Waals surface area contributed by atoms with Crippen molar-refractivity contribution in [3.8, 4) is 22.8 Å². The van der Waals surface area contributed by atoms with Gasteiger partial charge in [0, 0.05) is 51.0 Å². The number of halogens is 1. The van der Waals surface area contributed by atoms with Gasteiger partial charge in [-0.15, -0.1) is 0 Å². The van der Waals surface area contributed by atoms with Crippen LogP contribution in [0.25, 0.3) is 11.3 Å². The van der Waals surface area contributed by atoms with Crippen molar-refractivity contribution < 1.29 is 19.1 Å². The third-order valence-corrected chi connectivity index (χ3v) is 9.20. The number of imidazole rings is 1. The van der Waals surface area contributed by atoms with E-state index >= 15 is 0 Å². The highest BCUT2D eigenvalue weighted by Gasteiger charge is 2.34. The number of carbonyl (C=O) groups is 2. The van der Waals surface area contributed by atoms with Gasteiger partial charge in [-0.1, -0.05) is 65.1 Å². The van der Waals surface area contributed by atoms with Crippen molar-refractivity contribution in [2.45, 2.75) is 25.4 Å². The number of aromatic nitrogens is 3. The second-order valence-corrected chi connectivity index (χ2v) is 12.4. The summed E-state index contributed by atoms with van der Waals surface area (Å²) in [5.41, 5.74) is 2.34. The lowest BCUT2D eigenvalue weighted by Crippen LogP contribution is -2.47. The predicted octanol–water partition coefficient (Wildman–Crippen LogP) is 3.86. The van der Waals surface area contributed by atoms with Gasteiger partial charge in [-0.25, -0.2) is 4.79 Å². The minimum atomic E-state index is -0.260. The van der Waals surface area contributed by atoms with Crippen molar-refractivity contribution in [2.24, 2.45) is 0 Å². The summed E-state index contributed by atoms with van der Waals surface area (Å²) in [6, 6.07) is 20.6. The van der Waals surface area contributed by atoms with Crippen LogP contribution >= 0.6 is 22.6 Å². The molecule has 11 nitrogen and oxygen atoms in total. The lowest BCUT2D eigenvalue weighted by molar-refractivity contribution is -0.129. The van der Waals surface area contributed by atoms with Gasteiger partial charge in [0.05, 0.1) is 28.9 Å². The molecule has 12 heteroatoms. The van der Waals surface area contributed by atoms with E-state index in [0.717, 1.165) is 24.0 Å². The maximum absolute atomic E-state index is 14.6. The van der Waals surface area contributed by atoms with Gasteiger partial charge in [0.2, 0.25) is 5.91 Å². The van der Waals surface area contributed by atoms with Crippen molar-refractivity contribution >= 4 is 34.4 Å². The predicted molar refractivity (Wildman–Crippen MR) is 187 cm³/mol. The molecule has 1 atom stereocenters. The first-order valence-corrected chi connectivity index (χ1v) is 17.5. The van der Waals surface area contributed by atoms with Crippen LogP contribution in [0.4, 0.5) is 0 Å². The molecule has 0 bridgehead atoms. The van der Waals surface area contributed by atoms with E-state index in [9.17, 15) is 14.4 Å². The van der Waals surface area contributed by atoms with E-state index in [0.29, 0.717) is 79.8 Å². The number of alkyl halides is 1. The molecule has 4 heterocycles. The summed E-state index contributed by atoms with van der Waals surface area (Å²) in [4.78, 5) is 49.6. The number of pyridine rings is 1. The Morgan fingerprint density at radius 1 is 0.915 bits per heavy atom. The van der Waals surface area contributed by atoms with Crippen molar-refractivity contribution in [1.29, 1.82) is 0 Å². The van der Waals surface area contributed by atoms with Crippen LogP contribution < -0.4 is 20.5 Å². The maximum atomic E-state index is 14.6. The molecule has 0 spiro atoms. The zero-order valence-corrected chi connectivity index (χ0v) is 28.4. The highest BCUT2D eigenvalue weighted by Crippen LogP contribution is 2.32. The van der Waals surface area contributed by atoms with Crippen molar-refractivity contribution in [2.75, 3.05) is 56.9 Å². The van der Waals surface area contributed by atoms with Crippen molar-refractivity contribution in [3.05, 3.63) is 101 Å². The summed E-state index contributed by atoms with van der Waals surface area (Å²) < 4.78 is 15.5. The summed E-state index contributed by atoms with van der Waals surface area (Å²) in [5, 5.41) is 3.32. The molecule has 0 saturated carbocycles. The van der Waals surface area contributed by atoms with Crippen LogP contribution in [-0.2, 0) is 11.3 Å². The fraction of sp³-hybridized carbons (Fsp3) is 0.371. The van der Waals surface area contributed by atoms with E-state index < -0.39 is 0 Å². The number of benzene rings is 2. The second-order valence-electron chi connectivity index (χ2n) is 11.6. The molecule has 2 saturated heterocycles. The van der Waals surface area contributed by atoms with Crippen LogP contribution in [0.2, 0.25) is 0 Å². The number of ether oxygens (including phenoxy) is 2. The van der Waals surface area contributed by atoms with Gasteiger partial charge in [0.25, 0.3) is 5.91 Å². The smallest absolute Gasteiger partial charge is 0.329 e. The Bertz CT molecular complexity index is 1720. The molecule has 4 aromatic rings. The number of amides is 2.